The molecule has 0 saturated heterocycles. The third kappa shape index (κ3) is 5.97. The van der Waals surface area contributed by atoms with Crippen LogP contribution in [0, 0.1) is 32.1 Å². The quantitative estimate of drug-likeness (QED) is 0.364. The van der Waals surface area contributed by atoms with Crippen LogP contribution >= 0.6 is 11.6 Å². The van der Waals surface area contributed by atoms with Crippen LogP contribution in [0.15, 0.2) is 66.2 Å². The third-order valence-electron chi connectivity index (χ3n) is 4.91. The molecule has 0 bridgehead atoms. The van der Waals surface area contributed by atoms with Crippen LogP contribution in [-0.4, -0.2) is 5.91 Å². The number of aryl methyl sites for hydroxylation is 3. The van der Waals surface area contributed by atoms with E-state index in [2.05, 4.69) is 5.32 Å². The highest BCUT2D eigenvalue weighted by Crippen LogP contribution is 2.27. The molecule has 0 unspecified atom stereocenters. The van der Waals surface area contributed by atoms with Crippen molar-refractivity contribution < 1.29 is 9.53 Å². The summed E-state index contributed by atoms with van der Waals surface area (Å²) in [5, 5.41) is 12.6. The van der Waals surface area contributed by atoms with Crippen LogP contribution in [0.4, 0.5) is 5.69 Å². The summed E-state index contributed by atoms with van der Waals surface area (Å²) in [6, 6.07) is 20.8. The Hall–Kier alpha value is -3.55. The van der Waals surface area contributed by atoms with Crippen LogP contribution in [0.3, 0.4) is 0 Å². The molecular weight excluding hydrogens is 408 g/mol. The molecule has 0 spiro atoms. The molecule has 31 heavy (non-hydrogen) atoms. The highest BCUT2D eigenvalue weighted by atomic mass is 35.5. The highest BCUT2D eigenvalue weighted by Gasteiger charge is 2.11. The van der Waals surface area contributed by atoms with Gasteiger partial charge in [-0.25, -0.2) is 0 Å². The van der Waals surface area contributed by atoms with Crippen molar-refractivity contribution in [1.29, 1.82) is 5.26 Å². The molecule has 3 rings (SSSR count). The molecule has 0 fully saturated rings. The summed E-state index contributed by atoms with van der Waals surface area (Å²) in [5.41, 5.74) is 5.70. The number of benzene rings is 3. The molecule has 3 aromatic carbocycles. The molecular formula is C26H23ClN2O2. The second-order valence-electron chi connectivity index (χ2n) is 7.39. The van der Waals surface area contributed by atoms with E-state index in [1.54, 1.807) is 18.2 Å². The lowest BCUT2D eigenvalue weighted by molar-refractivity contribution is -0.112. The molecule has 0 aliphatic carbocycles. The van der Waals surface area contributed by atoms with E-state index in [9.17, 15) is 10.1 Å². The number of nitrogens with zero attached hydrogens (tertiary/aromatic N) is 1. The van der Waals surface area contributed by atoms with Crippen LogP contribution in [-0.2, 0) is 11.4 Å². The van der Waals surface area contributed by atoms with Crippen molar-refractivity contribution in [3.05, 3.63) is 99.1 Å². The van der Waals surface area contributed by atoms with Gasteiger partial charge < -0.3 is 10.1 Å². The second kappa shape index (κ2) is 9.97. The van der Waals surface area contributed by atoms with Gasteiger partial charge in [0.15, 0.2) is 0 Å². The minimum atomic E-state index is -0.471. The Balaban J connectivity index is 1.70. The van der Waals surface area contributed by atoms with Crippen molar-refractivity contribution in [2.24, 2.45) is 0 Å². The van der Waals surface area contributed by atoms with E-state index in [1.165, 1.54) is 11.6 Å². The number of halogens is 1. The normalized spacial score (nSPS) is 11.0. The number of hydrogen-bond acceptors (Lipinski definition) is 3. The molecule has 3 aromatic rings. The monoisotopic (exact) mass is 430 g/mol. The Morgan fingerprint density at radius 3 is 2.42 bits per heavy atom. The first-order valence-electron chi connectivity index (χ1n) is 9.84. The average molecular weight is 431 g/mol. The first-order chi connectivity index (χ1) is 14.9. The van der Waals surface area contributed by atoms with Crippen LogP contribution in [0.1, 0.15) is 27.8 Å². The van der Waals surface area contributed by atoms with Crippen LogP contribution < -0.4 is 10.1 Å². The fourth-order valence-electron chi connectivity index (χ4n) is 2.90. The maximum absolute atomic E-state index is 12.5. The lowest BCUT2D eigenvalue weighted by Crippen LogP contribution is -2.13. The summed E-state index contributed by atoms with van der Waals surface area (Å²) in [6.07, 6.45) is 1.51. The Kier molecular flexibility index (Phi) is 7.12. The van der Waals surface area contributed by atoms with E-state index in [0.717, 1.165) is 16.7 Å². The molecule has 1 amide bonds. The van der Waals surface area contributed by atoms with Gasteiger partial charge in [-0.1, -0.05) is 53.6 Å². The number of carbonyl (C=O) groups is 1. The molecule has 1 N–H and O–H groups in total. The summed E-state index contributed by atoms with van der Waals surface area (Å²) >= 11 is 6.35. The zero-order chi connectivity index (χ0) is 22.4. The fourth-order valence-corrected chi connectivity index (χ4v) is 3.15. The molecule has 0 radical (unpaired) electrons. The molecule has 4 nitrogen and oxygen atoms in total. The number of amides is 1. The summed E-state index contributed by atoms with van der Waals surface area (Å²) in [4.78, 5) is 12.5. The van der Waals surface area contributed by atoms with Crippen molar-refractivity contribution in [2.75, 3.05) is 5.32 Å². The molecule has 5 heteroatoms. The van der Waals surface area contributed by atoms with Gasteiger partial charge in [-0.05, 0) is 73.4 Å². The Morgan fingerprint density at radius 2 is 1.77 bits per heavy atom. The maximum atomic E-state index is 12.5. The predicted octanol–water partition coefficient (Wildman–Crippen LogP) is 6.39. The Morgan fingerprint density at radius 1 is 1.03 bits per heavy atom. The predicted molar refractivity (Wildman–Crippen MR) is 125 cm³/mol. The lowest BCUT2D eigenvalue weighted by Gasteiger charge is -2.09. The molecule has 0 aliphatic heterocycles. The van der Waals surface area contributed by atoms with Crippen molar-refractivity contribution in [2.45, 2.75) is 27.4 Å². The third-order valence-corrected chi connectivity index (χ3v) is 5.21. The van der Waals surface area contributed by atoms with Crippen molar-refractivity contribution >= 4 is 29.3 Å². The zero-order valence-electron chi connectivity index (χ0n) is 17.7. The molecule has 0 atom stereocenters. The first-order valence-corrected chi connectivity index (χ1v) is 10.2. The van der Waals surface area contributed by atoms with Gasteiger partial charge in [-0.2, -0.15) is 5.26 Å². The average Bonchev–Trinajstić information content (AvgIpc) is 2.75. The van der Waals surface area contributed by atoms with E-state index < -0.39 is 5.91 Å². The second-order valence-corrected chi connectivity index (χ2v) is 7.79. The van der Waals surface area contributed by atoms with E-state index in [4.69, 9.17) is 16.3 Å². The highest BCUT2D eigenvalue weighted by molar-refractivity contribution is 6.32. The minimum absolute atomic E-state index is 0.0115. The zero-order valence-corrected chi connectivity index (χ0v) is 18.5. The van der Waals surface area contributed by atoms with Crippen LogP contribution in [0.2, 0.25) is 5.02 Å². The SMILES string of the molecule is Cc1ccc(COc2ccc(/C=C(\C#N)C(=O)Nc3ccc(C)c(C)c3)cc2Cl)cc1. The van der Waals surface area contributed by atoms with E-state index in [0.29, 0.717) is 28.6 Å². The first kappa shape index (κ1) is 22.1. The number of hydrogen-bond donors (Lipinski definition) is 1. The van der Waals surface area contributed by atoms with Crippen molar-refractivity contribution in [1.82, 2.24) is 0 Å². The van der Waals surface area contributed by atoms with E-state index >= 15 is 0 Å². The van der Waals surface area contributed by atoms with Gasteiger partial charge >= 0.3 is 0 Å². The molecule has 0 heterocycles. The molecule has 0 saturated carbocycles. The van der Waals surface area contributed by atoms with Crippen LogP contribution in [0.5, 0.6) is 5.75 Å². The van der Waals surface area contributed by atoms with Crippen molar-refractivity contribution in [3.8, 4) is 11.8 Å². The standard InChI is InChI=1S/C26H23ClN2O2/c1-17-4-7-20(8-5-17)16-31-25-11-9-21(14-24(25)27)13-22(15-28)26(30)29-23-10-6-18(2)19(3)12-23/h4-14H,16H2,1-3H3,(H,29,30)/b22-13+. The smallest absolute Gasteiger partial charge is 0.266 e. The van der Waals surface area contributed by atoms with Gasteiger partial charge in [0.2, 0.25) is 0 Å². The number of anilines is 1. The number of rotatable bonds is 6. The van der Waals surface area contributed by atoms with Crippen LogP contribution in [0.25, 0.3) is 6.08 Å². The summed E-state index contributed by atoms with van der Waals surface area (Å²) in [5.74, 6) is 0.0686. The van der Waals surface area contributed by atoms with Gasteiger partial charge in [0.05, 0.1) is 5.02 Å². The molecule has 156 valence electrons. The summed E-state index contributed by atoms with van der Waals surface area (Å²) in [6.45, 7) is 6.40. The van der Waals surface area contributed by atoms with Gasteiger partial charge in [-0.3, -0.25) is 4.79 Å². The van der Waals surface area contributed by atoms with Gasteiger partial charge in [0.25, 0.3) is 5.91 Å². The van der Waals surface area contributed by atoms with Crippen molar-refractivity contribution in [3.63, 3.8) is 0 Å². The van der Waals surface area contributed by atoms with Gasteiger partial charge in [0.1, 0.15) is 24.0 Å². The van der Waals surface area contributed by atoms with Gasteiger partial charge in [0, 0.05) is 5.69 Å². The topological polar surface area (TPSA) is 62.1 Å². The molecule has 0 aliphatic rings. The molecule has 0 aromatic heterocycles. The Bertz CT molecular complexity index is 1180. The lowest BCUT2D eigenvalue weighted by atomic mass is 10.1. The maximum Gasteiger partial charge on any atom is 0.266 e. The van der Waals surface area contributed by atoms with Gasteiger partial charge in [-0.15, -0.1) is 0 Å². The number of nitrogens with one attached hydrogen (secondary N) is 1. The summed E-state index contributed by atoms with van der Waals surface area (Å²) < 4.78 is 5.80. The Labute approximate surface area is 187 Å². The minimum Gasteiger partial charge on any atom is -0.487 e. The number of carbonyl (C=O) groups excluding carboxylic acids is 1. The number of ether oxygens (including phenoxy) is 1. The van der Waals surface area contributed by atoms with E-state index in [-0.39, 0.29) is 5.57 Å². The summed E-state index contributed by atoms with van der Waals surface area (Å²) in [7, 11) is 0. The fraction of sp³-hybridized carbons (Fsp3) is 0.154. The number of nitriles is 1. The largest absolute Gasteiger partial charge is 0.487 e. The van der Waals surface area contributed by atoms with E-state index in [1.807, 2.05) is 69.3 Å².